The quantitative estimate of drug-likeness (QED) is 0.676. The fourth-order valence-electron chi connectivity index (χ4n) is 1.48. The number of carbonyl (C=O) groups excluding carboxylic acids is 1. The van der Waals surface area contributed by atoms with Crippen LogP contribution >= 0.6 is 23.2 Å². The van der Waals surface area contributed by atoms with Crippen LogP contribution in [0.2, 0.25) is 10.0 Å². The molecule has 1 N–H and O–H groups in total. The molecule has 0 fully saturated rings. The Morgan fingerprint density at radius 2 is 1.90 bits per heavy atom. The molecule has 1 amide bonds. The lowest BCUT2D eigenvalue weighted by Crippen LogP contribution is -2.24. The molecule has 2 rings (SSSR count). The molecule has 0 heterocycles. The van der Waals surface area contributed by atoms with Crippen molar-refractivity contribution in [1.82, 2.24) is 5.43 Å². The summed E-state index contributed by atoms with van der Waals surface area (Å²) in [6.45, 7) is -0.130. The Morgan fingerprint density at radius 3 is 2.62 bits per heavy atom. The molecule has 0 saturated carbocycles. The first-order valence-corrected chi connectivity index (χ1v) is 6.85. The van der Waals surface area contributed by atoms with E-state index in [-0.39, 0.29) is 12.5 Å². The van der Waals surface area contributed by atoms with Crippen molar-refractivity contribution in [3.05, 3.63) is 64.1 Å². The summed E-state index contributed by atoms with van der Waals surface area (Å²) in [6, 6.07) is 13.9. The second kappa shape index (κ2) is 7.67. The van der Waals surface area contributed by atoms with Crippen molar-refractivity contribution in [1.29, 1.82) is 0 Å². The molecule has 0 aliphatic heterocycles. The van der Waals surface area contributed by atoms with E-state index in [0.717, 1.165) is 5.56 Å². The van der Waals surface area contributed by atoms with Crippen LogP contribution < -0.4 is 10.2 Å². The third-order valence-electron chi connectivity index (χ3n) is 2.44. The van der Waals surface area contributed by atoms with Crippen molar-refractivity contribution in [2.45, 2.75) is 0 Å². The lowest BCUT2D eigenvalue weighted by molar-refractivity contribution is -0.123. The minimum Gasteiger partial charge on any atom is -0.484 e. The number of halogens is 2. The summed E-state index contributed by atoms with van der Waals surface area (Å²) in [4.78, 5) is 11.5. The summed E-state index contributed by atoms with van der Waals surface area (Å²) in [5.41, 5.74) is 3.16. The SMILES string of the molecule is O=C(COc1ccc(Cl)cc1)N/N=C\c1cccc(Cl)c1. The highest BCUT2D eigenvalue weighted by atomic mass is 35.5. The Bertz CT molecular complexity index is 642. The van der Waals surface area contributed by atoms with Crippen LogP contribution in [0.5, 0.6) is 5.75 Å². The summed E-state index contributed by atoms with van der Waals surface area (Å²) in [6.07, 6.45) is 1.51. The van der Waals surface area contributed by atoms with Gasteiger partial charge in [0.15, 0.2) is 6.61 Å². The smallest absolute Gasteiger partial charge is 0.277 e. The molecule has 0 unspecified atom stereocenters. The molecule has 6 heteroatoms. The molecule has 0 atom stereocenters. The van der Waals surface area contributed by atoms with Gasteiger partial charge in [-0.2, -0.15) is 5.10 Å². The molecular weight excluding hydrogens is 311 g/mol. The lowest BCUT2D eigenvalue weighted by atomic mass is 10.2. The van der Waals surface area contributed by atoms with Crippen LogP contribution in [0.3, 0.4) is 0 Å². The number of amides is 1. The number of carbonyl (C=O) groups is 1. The molecular formula is C15H12Cl2N2O2. The van der Waals surface area contributed by atoms with E-state index in [0.29, 0.717) is 15.8 Å². The van der Waals surface area contributed by atoms with Gasteiger partial charge in [-0.05, 0) is 42.0 Å². The van der Waals surface area contributed by atoms with Gasteiger partial charge in [-0.3, -0.25) is 4.79 Å². The standard InChI is InChI=1S/C15H12Cl2N2O2/c16-12-4-6-14(7-5-12)21-10-15(20)19-18-9-11-2-1-3-13(17)8-11/h1-9H,10H2,(H,19,20)/b18-9-. The van der Waals surface area contributed by atoms with E-state index in [1.807, 2.05) is 6.07 Å². The Hall–Kier alpha value is -2.04. The van der Waals surface area contributed by atoms with E-state index in [4.69, 9.17) is 27.9 Å². The first-order chi connectivity index (χ1) is 10.1. The lowest BCUT2D eigenvalue weighted by Gasteiger charge is -2.04. The molecule has 0 aliphatic rings. The fraction of sp³-hybridized carbons (Fsp3) is 0.0667. The number of nitrogens with zero attached hydrogens (tertiary/aromatic N) is 1. The number of rotatable bonds is 5. The number of nitrogens with one attached hydrogen (secondary N) is 1. The van der Waals surface area contributed by atoms with Crippen LogP contribution in [0.4, 0.5) is 0 Å². The molecule has 4 nitrogen and oxygen atoms in total. The average molecular weight is 323 g/mol. The Kier molecular flexibility index (Phi) is 5.60. The predicted octanol–water partition coefficient (Wildman–Crippen LogP) is 3.52. The van der Waals surface area contributed by atoms with Crippen molar-refractivity contribution in [2.24, 2.45) is 5.10 Å². The molecule has 2 aromatic rings. The molecule has 0 saturated heterocycles. The number of ether oxygens (including phenoxy) is 1. The zero-order valence-corrected chi connectivity index (χ0v) is 12.4. The molecule has 0 aromatic heterocycles. The zero-order chi connectivity index (χ0) is 15.1. The molecule has 21 heavy (non-hydrogen) atoms. The van der Waals surface area contributed by atoms with Gasteiger partial charge in [-0.1, -0.05) is 35.3 Å². The largest absolute Gasteiger partial charge is 0.484 e. The van der Waals surface area contributed by atoms with E-state index < -0.39 is 0 Å². The molecule has 108 valence electrons. The van der Waals surface area contributed by atoms with Crippen molar-refractivity contribution >= 4 is 35.3 Å². The van der Waals surface area contributed by atoms with E-state index in [1.165, 1.54) is 6.21 Å². The van der Waals surface area contributed by atoms with Crippen molar-refractivity contribution < 1.29 is 9.53 Å². The first kappa shape index (κ1) is 15.4. The highest BCUT2D eigenvalue weighted by Gasteiger charge is 2.01. The normalized spacial score (nSPS) is 10.6. The summed E-state index contributed by atoms with van der Waals surface area (Å²) < 4.78 is 5.28. The van der Waals surface area contributed by atoms with Crippen LogP contribution in [-0.4, -0.2) is 18.7 Å². The van der Waals surface area contributed by atoms with Gasteiger partial charge in [-0.15, -0.1) is 0 Å². The Labute approximate surface area is 132 Å². The van der Waals surface area contributed by atoms with Crippen molar-refractivity contribution in [3.63, 3.8) is 0 Å². The summed E-state index contributed by atoms with van der Waals surface area (Å²) in [7, 11) is 0. The molecule has 0 bridgehead atoms. The summed E-state index contributed by atoms with van der Waals surface area (Å²) in [5.74, 6) is 0.205. The van der Waals surface area contributed by atoms with Crippen LogP contribution in [0.15, 0.2) is 53.6 Å². The van der Waals surface area contributed by atoms with E-state index >= 15 is 0 Å². The van der Waals surface area contributed by atoms with Crippen molar-refractivity contribution in [2.75, 3.05) is 6.61 Å². The fourth-order valence-corrected chi connectivity index (χ4v) is 1.80. The van der Waals surface area contributed by atoms with Crippen LogP contribution in [0, 0.1) is 0 Å². The number of hydrogen-bond donors (Lipinski definition) is 1. The Morgan fingerprint density at radius 1 is 1.14 bits per heavy atom. The maximum atomic E-state index is 11.5. The number of hydrazone groups is 1. The predicted molar refractivity (Wildman–Crippen MR) is 84.1 cm³/mol. The molecule has 0 aliphatic carbocycles. The van der Waals surface area contributed by atoms with Gasteiger partial charge >= 0.3 is 0 Å². The number of benzene rings is 2. The second-order valence-electron chi connectivity index (χ2n) is 4.09. The van der Waals surface area contributed by atoms with E-state index in [2.05, 4.69) is 10.5 Å². The maximum absolute atomic E-state index is 11.5. The Balaban J connectivity index is 1.78. The topological polar surface area (TPSA) is 50.7 Å². The molecule has 0 radical (unpaired) electrons. The van der Waals surface area contributed by atoms with Gasteiger partial charge in [-0.25, -0.2) is 5.43 Å². The van der Waals surface area contributed by atoms with Gasteiger partial charge in [0.1, 0.15) is 5.75 Å². The number of hydrogen-bond acceptors (Lipinski definition) is 3. The third kappa shape index (κ3) is 5.45. The average Bonchev–Trinajstić information content (AvgIpc) is 2.47. The second-order valence-corrected chi connectivity index (χ2v) is 4.96. The minimum atomic E-state index is -0.358. The third-order valence-corrected chi connectivity index (χ3v) is 2.92. The highest BCUT2D eigenvalue weighted by Crippen LogP contribution is 2.15. The molecule has 2 aromatic carbocycles. The molecule has 0 spiro atoms. The van der Waals surface area contributed by atoms with Gasteiger partial charge in [0.05, 0.1) is 6.21 Å². The van der Waals surface area contributed by atoms with Gasteiger partial charge in [0.25, 0.3) is 5.91 Å². The first-order valence-electron chi connectivity index (χ1n) is 6.09. The maximum Gasteiger partial charge on any atom is 0.277 e. The zero-order valence-electron chi connectivity index (χ0n) is 10.9. The van der Waals surface area contributed by atoms with Gasteiger partial charge < -0.3 is 4.74 Å². The van der Waals surface area contributed by atoms with Gasteiger partial charge in [0, 0.05) is 10.0 Å². The summed E-state index contributed by atoms with van der Waals surface area (Å²) in [5, 5.41) is 5.04. The van der Waals surface area contributed by atoms with Crippen LogP contribution in [-0.2, 0) is 4.79 Å². The van der Waals surface area contributed by atoms with Crippen LogP contribution in [0.25, 0.3) is 0 Å². The highest BCUT2D eigenvalue weighted by molar-refractivity contribution is 6.31. The minimum absolute atomic E-state index is 0.130. The summed E-state index contributed by atoms with van der Waals surface area (Å²) >= 11 is 11.6. The van der Waals surface area contributed by atoms with Gasteiger partial charge in [0.2, 0.25) is 0 Å². The van der Waals surface area contributed by atoms with E-state index in [1.54, 1.807) is 42.5 Å². The van der Waals surface area contributed by atoms with Crippen LogP contribution in [0.1, 0.15) is 5.56 Å². The van der Waals surface area contributed by atoms with Crippen molar-refractivity contribution in [3.8, 4) is 5.75 Å². The van der Waals surface area contributed by atoms with E-state index in [9.17, 15) is 4.79 Å². The monoisotopic (exact) mass is 322 g/mol.